The first-order chi connectivity index (χ1) is 26.2. The van der Waals surface area contributed by atoms with Crippen molar-refractivity contribution < 1.29 is 18.4 Å². The number of aromatic nitrogens is 8. The van der Waals surface area contributed by atoms with Crippen molar-refractivity contribution >= 4 is 39.9 Å². The second-order valence-electron chi connectivity index (χ2n) is 14.0. The van der Waals surface area contributed by atoms with Gasteiger partial charge in [0.15, 0.2) is 11.6 Å². The molecule has 3 aliphatic rings. The molecule has 3 fully saturated rings. The average Bonchev–Trinajstić information content (AvgIpc) is 3.93. The Bertz CT molecular complexity index is 2470. The lowest BCUT2D eigenvalue weighted by Gasteiger charge is -2.42. The van der Waals surface area contributed by atoms with Crippen LogP contribution in [0.25, 0.3) is 38.9 Å². The normalized spacial score (nSPS) is 19.8. The van der Waals surface area contributed by atoms with E-state index in [1.807, 2.05) is 16.9 Å². The van der Waals surface area contributed by atoms with Gasteiger partial charge in [-0.3, -0.25) is 29.3 Å². The van der Waals surface area contributed by atoms with E-state index in [2.05, 4.69) is 36.4 Å². The highest BCUT2D eigenvalue weighted by Gasteiger charge is 2.32. The van der Waals surface area contributed by atoms with Gasteiger partial charge in [0, 0.05) is 81.1 Å². The number of halogens is 2. The largest absolute Gasteiger partial charge is 0.367 e. The first-order valence-electron chi connectivity index (χ1n) is 18.0. The smallest absolute Gasteiger partial charge is 0.329 e. The van der Waals surface area contributed by atoms with Gasteiger partial charge in [-0.15, -0.1) is 0 Å². The number of pyridine rings is 1. The van der Waals surface area contributed by atoms with Crippen molar-refractivity contribution in [2.24, 2.45) is 7.05 Å². The van der Waals surface area contributed by atoms with E-state index in [1.54, 1.807) is 36.1 Å². The van der Waals surface area contributed by atoms with E-state index in [0.717, 1.165) is 44.3 Å². The molecular formula is C37H35F2N13O2. The number of urea groups is 1. The number of hydrogen-bond acceptors (Lipinski definition) is 10. The molecule has 54 heavy (non-hydrogen) atoms. The van der Waals surface area contributed by atoms with Gasteiger partial charge in [-0.25, -0.2) is 23.7 Å². The number of carbonyl (C=O) groups is 2. The SMILES string of the molecule is Cn1nc(N2CCC(=O)NC2=O)c2ccc(N3CCN([C@H]4CC[C@H](n5cc(-c6cn7ncc(C#N)c7c(-c7ccc(F)nc7)n6)cn5)CC4)CC3)c(F)c21. The third kappa shape index (κ3) is 5.78. The zero-order valence-electron chi connectivity index (χ0n) is 29.4. The van der Waals surface area contributed by atoms with Crippen LogP contribution in [0.3, 0.4) is 0 Å². The topological polar surface area (TPSA) is 158 Å². The molecule has 17 heteroatoms. The zero-order valence-corrected chi connectivity index (χ0v) is 29.4. The summed E-state index contributed by atoms with van der Waals surface area (Å²) in [5, 5.41) is 26.1. The number of piperazine rings is 1. The molecule has 0 spiro atoms. The molecule has 3 amide bonds. The third-order valence-electron chi connectivity index (χ3n) is 10.9. The molecule has 1 aliphatic carbocycles. The van der Waals surface area contributed by atoms with E-state index >= 15 is 4.39 Å². The highest BCUT2D eigenvalue weighted by Crippen LogP contribution is 2.36. The van der Waals surface area contributed by atoms with Crippen molar-refractivity contribution in [2.45, 2.75) is 44.2 Å². The molecule has 2 aliphatic heterocycles. The number of imide groups is 1. The van der Waals surface area contributed by atoms with E-state index < -0.39 is 12.0 Å². The highest BCUT2D eigenvalue weighted by molar-refractivity contribution is 6.09. The van der Waals surface area contributed by atoms with Gasteiger partial charge in [0.05, 0.1) is 41.7 Å². The third-order valence-corrected chi connectivity index (χ3v) is 10.9. The minimum atomic E-state index is -0.601. The molecular weight excluding hydrogens is 696 g/mol. The number of aryl methyl sites for hydroxylation is 1. The van der Waals surface area contributed by atoms with Gasteiger partial charge in [-0.05, 0) is 49.9 Å². The number of nitriles is 1. The van der Waals surface area contributed by atoms with E-state index in [0.29, 0.717) is 69.6 Å². The summed E-state index contributed by atoms with van der Waals surface area (Å²) in [6, 6.07) is 8.70. The summed E-state index contributed by atoms with van der Waals surface area (Å²) in [6.45, 7) is 3.20. The minimum Gasteiger partial charge on any atom is -0.367 e. The summed E-state index contributed by atoms with van der Waals surface area (Å²) in [5.74, 6) is -0.967. The molecule has 274 valence electrons. The van der Waals surface area contributed by atoms with E-state index in [9.17, 15) is 19.2 Å². The lowest BCUT2D eigenvalue weighted by Crippen LogP contribution is -2.51. The number of rotatable bonds is 6. The maximum atomic E-state index is 16.1. The molecule has 1 saturated carbocycles. The standard InChI is InChI=1S/C37H35F2N13O2/c1-47-35-27(36(46-47)50-11-10-31(53)45-37(50)54)7-8-29(32(35)39)49-14-12-48(13-15-49)25-3-5-26(6-4-25)51-20-24(19-42-51)28-21-52-34(23(16-40)18-43-52)33(44-28)22-2-9-30(38)41-17-22/h2,7-9,17-21,25-26H,3-6,10-15H2,1H3,(H,45,53,54)/t25-,26-. The summed E-state index contributed by atoms with van der Waals surface area (Å²) in [5.41, 5.74) is 4.22. The number of carbonyl (C=O) groups excluding carboxylic acids is 2. The Labute approximate surface area is 307 Å². The average molecular weight is 732 g/mol. The minimum absolute atomic E-state index is 0.162. The Balaban J connectivity index is 0.850. The monoisotopic (exact) mass is 731 g/mol. The molecule has 6 aromatic rings. The van der Waals surface area contributed by atoms with Gasteiger partial charge in [0.1, 0.15) is 22.7 Å². The van der Waals surface area contributed by atoms with Gasteiger partial charge in [0.25, 0.3) is 0 Å². The van der Waals surface area contributed by atoms with Crippen LogP contribution in [0, 0.1) is 23.1 Å². The summed E-state index contributed by atoms with van der Waals surface area (Å²) in [4.78, 5) is 38.8. The highest BCUT2D eigenvalue weighted by atomic mass is 19.1. The lowest BCUT2D eigenvalue weighted by atomic mass is 9.90. The maximum absolute atomic E-state index is 16.1. The zero-order chi connectivity index (χ0) is 37.1. The Morgan fingerprint density at radius 1 is 0.870 bits per heavy atom. The fraction of sp³-hybridized carbons (Fsp3) is 0.351. The van der Waals surface area contributed by atoms with Gasteiger partial charge in [-0.2, -0.15) is 24.9 Å². The van der Waals surface area contributed by atoms with Crippen molar-refractivity contribution in [1.29, 1.82) is 5.26 Å². The van der Waals surface area contributed by atoms with Crippen LogP contribution in [0.2, 0.25) is 0 Å². The van der Waals surface area contributed by atoms with Crippen molar-refractivity contribution in [2.75, 3.05) is 42.5 Å². The Kier molecular flexibility index (Phi) is 8.26. The van der Waals surface area contributed by atoms with Gasteiger partial charge < -0.3 is 4.90 Å². The van der Waals surface area contributed by atoms with Crippen molar-refractivity contribution in [3.05, 3.63) is 72.6 Å². The Morgan fingerprint density at radius 2 is 1.67 bits per heavy atom. The van der Waals surface area contributed by atoms with Crippen LogP contribution in [0.1, 0.15) is 43.7 Å². The molecule has 1 N–H and O–H groups in total. The quantitative estimate of drug-likeness (QED) is 0.243. The van der Waals surface area contributed by atoms with Crippen LogP contribution in [-0.2, 0) is 11.8 Å². The fourth-order valence-corrected chi connectivity index (χ4v) is 8.14. The second-order valence-corrected chi connectivity index (χ2v) is 14.0. The molecule has 15 nitrogen and oxygen atoms in total. The first-order valence-corrected chi connectivity index (χ1v) is 18.0. The summed E-state index contributed by atoms with van der Waals surface area (Å²) >= 11 is 0. The fourth-order valence-electron chi connectivity index (χ4n) is 8.14. The molecule has 7 heterocycles. The number of fused-ring (bicyclic) bond motifs is 2. The van der Waals surface area contributed by atoms with Crippen molar-refractivity contribution in [1.82, 2.24) is 49.4 Å². The summed E-state index contributed by atoms with van der Waals surface area (Å²) in [6.07, 6.45) is 12.6. The van der Waals surface area contributed by atoms with E-state index in [1.165, 1.54) is 28.0 Å². The summed E-state index contributed by atoms with van der Waals surface area (Å²) in [7, 11) is 1.66. The van der Waals surface area contributed by atoms with Gasteiger partial charge in [-0.1, -0.05) is 0 Å². The number of anilines is 2. The molecule has 2 saturated heterocycles. The van der Waals surface area contributed by atoms with Crippen LogP contribution in [-0.4, -0.2) is 94.7 Å². The number of amides is 3. The van der Waals surface area contributed by atoms with Crippen molar-refractivity contribution in [3.63, 3.8) is 0 Å². The van der Waals surface area contributed by atoms with Crippen LogP contribution in [0.4, 0.5) is 25.1 Å². The Hall–Kier alpha value is -6.28. The molecule has 0 atom stereocenters. The van der Waals surface area contributed by atoms with Gasteiger partial charge in [0.2, 0.25) is 11.9 Å². The molecule has 0 unspecified atom stereocenters. The first kappa shape index (κ1) is 33.5. The number of nitrogens with zero attached hydrogens (tertiary/aromatic N) is 12. The predicted molar refractivity (Wildman–Crippen MR) is 193 cm³/mol. The van der Waals surface area contributed by atoms with E-state index in [-0.39, 0.29) is 30.7 Å². The number of hydrogen-bond donors (Lipinski definition) is 1. The van der Waals surface area contributed by atoms with E-state index in [4.69, 9.17) is 10.1 Å². The Morgan fingerprint density at radius 3 is 2.41 bits per heavy atom. The van der Waals surface area contributed by atoms with Crippen LogP contribution in [0.5, 0.6) is 0 Å². The van der Waals surface area contributed by atoms with Crippen molar-refractivity contribution in [3.8, 4) is 28.6 Å². The molecule has 0 radical (unpaired) electrons. The van der Waals surface area contributed by atoms with Crippen LogP contribution >= 0.6 is 0 Å². The summed E-state index contributed by atoms with van der Waals surface area (Å²) < 4.78 is 34.8. The number of benzene rings is 1. The predicted octanol–water partition coefficient (Wildman–Crippen LogP) is 4.44. The molecule has 0 bridgehead atoms. The lowest BCUT2D eigenvalue weighted by molar-refractivity contribution is -0.120. The van der Waals surface area contributed by atoms with Crippen LogP contribution < -0.4 is 15.1 Å². The van der Waals surface area contributed by atoms with Gasteiger partial charge >= 0.3 is 6.03 Å². The molecule has 9 rings (SSSR count). The van der Waals surface area contributed by atoms with Crippen LogP contribution in [0.15, 0.2) is 55.2 Å². The second kappa shape index (κ2) is 13.3. The molecule has 1 aromatic carbocycles. The molecule has 5 aromatic heterocycles. The maximum Gasteiger partial charge on any atom is 0.329 e. The number of nitrogens with one attached hydrogen (secondary N) is 1.